The first kappa shape index (κ1) is 17.5. The summed E-state index contributed by atoms with van der Waals surface area (Å²) in [4.78, 5) is 36.9. The van der Waals surface area contributed by atoms with Crippen molar-refractivity contribution in [1.82, 2.24) is 4.90 Å². The molecule has 0 radical (unpaired) electrons. The van der Waals surface area contributed by atoms with Crippen molar-refractivity contribution in [3.05, 3.63) is 0 Å². The smallest absolute Gasteiger partial charge is 0.325 e. The monoisotopic (exact) mass is 299 g/mol. The Hall–Kier alpha value is -1.59. The van der Waals surface area contributed by atoms with Crippen molar-refractivity contribution < 1.29 is 24.2 Å². The molecule has 2 atom stereocenters. The van der Waals surface area contributed by atoms with Crippen molar-refractivity contribution in [2.24, 2.45) is 17.8 Å². The van der Waals surface area contributed by atoms with Gasteiger partial charge in [-0.2, -0.15) is 0 Å². The molecule has 6 nitrogen and oxygen atoms in total. The number of nitrogens with zero attached hydrogens (tertiary/aromatic N) is 1. The summed E-state index contributed by atoms with van der Waals surface area (Å²) in [7, 11) is 0. The average molecular weight is 299 g/mol. The van der Waals surface area contributed by atoms with Crippen molar-refractivity contribution >= 4 is 17.8 Å². The number of carboxylic acid groups (broad SMARTS) is 1. The molecule has 1 N–H and O–H groups in total. The highest BCUT2D eigenvalue weighted by molar-refractivity contribution is 5.87. The zero-order valence-electron chi connectivity index (χ0n) is 13.0. The molecule has 1 amide bonds. The molecule has 0 aromatic carbocycles. The number of carbonyl (C=O) groups is 3. The van der Waals surface area contributed by atoms with E-state index in [0.717, 1.165) is 6.42 Å². The summed E-state index contributed by atoms with van der Waals surface area (Å²) in [5.41, 5.74) is 0. The van der Waals surface area contributed by atoms with E-state index in [1.54, 1.807) is 6.92 Å². The third-order valence-electron chi connectivity index (χ3n) is 3.67. The lowest BCUT2D eigenvalue weighted by Crippen LogP contribution is -2.44. The van der Waals surface area contributed by atoms with Gasteiger partial charge in [0, 0.05) is 6.54 Å². The Balaban J connectivity index is 2.79. The van der Waals surface area contributed by atoms with Gasteiger partial charge in [-0.15, -0.1) is 0 Å². The van der Waals surface area contributed by atoms with Crippen LogP contribution in [0.1, 0.15) is 40.0 Å². The molecule has 120 valence electrons. The van der Waals surface area contributed by atoms with Crippen LogP contribution < -0.4 is 0 Å². The molecule has 1 saturated carbocycles. The van der Waals surface area contributed by atoms with Crippen molar-refractivity contribution in [3.8, 4) is 0 Å². The predicted molar refractivity (Wildman–Crippen MR) is 76.5 cm³/mol. The van der Waals surface area contributed by atoms with Crippen LogP contribution in [0.5, 0.6) is 0 Å². The minimum atomic E-state index is -0.925. The van der Waals surface area contributed by atoms with Crippen LogP contribution in [-0.4, -0.2) is 47.5 Å². The molecular weight excluding hydrogens is 274 g/mol. The van der Waals surface area contributed by atoms with E-state index in [1.807, 2.05) is 13.8 Å². The van der Waals surface area contributed by atoms with E-state index in [2.05, 4.69) is 0 Å². The summed E-state index contributed by atoms with van der Waals surface area (Å²) in [5, 5.41) is 9.20. The number of ether oxygens (including phenoxy) is 1. The molecule has 0 aliphatic heterocycles. The zero-order valence-corrected chi connectivity index (χ0v) is 13.0. The van der Waals surface area contributed by atoms with Crippen LogP contribution in [0.15, 0.2) is 0 Å². The van der Waals surface area contributed by atoms with Crippen LogP contribution in [0.3, 0.4) is 0 Å². The number of rotatable bonds is 7. The summed E-state index contributed by atoms with van der Waals surface area (Å²) < 4.78 is 4.89. The summed E-state index contributed by atoms with van der Waals surface area (Å²) in [6, 6.07) is 0. The summed E-state index contributed by atoms with van der Waals surface area (Å²) in [6.07, 6.45) is 1.84. The fraction of sp³-hybridized carbons (Fsp3) is 0.800. The molecular formula is C15H25NO5. The number of hydrogen-bond acceptors (Lipinski definition) is 4. The molecule has 0 saturated heterocycles. The van der Waals surface area contributed by atoms with E-state index in [1.165, 1.54) is 4.90 Å². The van der Waals surface area contributed by atoms with Gasteiger partial charge < -0.3 is 14.7 Å². The van der Waals surface area contributed by atoms with Gasteiger partial charge in [0.05, 0.1) is 18.4 Å². The van der Waals surface area contributed by atoms with Crippen molar-refractivity contribution in [3.63, 3.8) is 0 Å². The molecule has 6 heteroatoms. The van der Waals surface area contributed by atoms with Gasteiger partial charge in [-0.3, -0.25) is 14.4 Å². The lowest BCUT2D eigenvalue weighted by atomic mass is 9.94. The fourth-order valence-electron chi connectivity index (χ4n) is 2.82. The molecule has 0 bridgehead atoms. The van der Waals surface area contributed by atoms with Gasteiger partial charge in [0.25, 0.3) is 0 Å². The van der Waals surface area contributed by atoms with Crippen LogP contribution in [-0.2, 0) is 19.1 Å². The van der Waals surface area contributed by atoms with Crippen LogP contribution in [0, 0.1) is 17.8 Å². The number of hydrogen-bond donors (Lipinski definition) is 1. The Bertz CT molecular complexity index is 394. The topological polar surface area (TPSA) is 83.9 Å². The Labute approximate surface area is 125 Å². The third kappa shape index (κ3) is 5.02. The minimum absolute atomic E-state index is 0.103. The van der Waals surface area contributed by atoms with E-state index < -0.39 is 23.8 Å². The average Bonchev–Trinajstić information content (AvgIpc) is 2.86. The van der Waals surface area contributed by atoms with Gasteiger partial charge in [-0.1, -0.05) is 20.3 Å². The fourth-order valence-corrected chi connectivity index (χ4v) is 2.82. The van der Waals surface area contributed by atoms with Gasteiger partial charge in [0.15, 0.2) is 0 Å². The largest absolute Gasteiger partial charge is 0.481 e. The highest BCUT2D eigenvalue weighted by Gasteiger charge is 2.40. The van der Waals surface area contributed by atoms with Gasteiger partial charge in [0.2, 0.25) is 5.91 Å². The molecule has 0 aromatic rings. The van der Waals surface area contributed by atoms with Gasteiger partial charge in [0.1, 0.15) is 6.54 Å². The number of amides is 1. The summed E-state index contributed by atoms with van der Waals surface area (Å²) in [5.74, 6) is -2.55. The van der Waals surface area contributed by atoms with E-state index >= 15 is 0 Å². The van der Waals surface area contributed by atoms with Crippen LogP contribution >= 0.6 is 0 Å². The first-order chi connectivity index (χ1) is 9.86. The molecule has 21 heavy (non-hydrogen) atoms. The van der Waals surface area contributed by atoms with Crippen molar-refractivity contribution in [2.75, 3.05) is 19.7 Å². The van der Waals surface area contributed by atoms with Crippen LogP contribution in [0.2, 0.25) is 0 Å². The normalized spacial score (nSPS) is 21.3. The van der Waals surface area contributed by atoms with Gasteiger partial charge in [-0.05, 0) is 25.7 Å². The molecule has 0 unspecified atom stereocenters. The molecule has 1 aliphatic carbocycles. The Morgan fingerprint density at radius 2 is 1.86 bits per heavy atom. The number of esters is 1. The quantitative estimate of drug-likeness (QED) is 0.721. The molecule has 0 aromatic heterocycles. The lowest BCUT2D eigenvalue weighted by Gasteiger charge is -2.27. The standard InChI is InChI=1S/C15H25NO5/c1-4-21-13(17)9-16(8-10(2)3)14(18)11-6-5-7-12(11)15(19)20/h10-12H,4-9H2,1-3H3,(H,19,20)/t11-,12+/m1/s1. The van der Waals surface area contributed by atoms with Crippen LogP contribution in [0.4, 0.5) is 0 Å². The Morgan fingerprint density at radius 1 is 1.24 bits per heavy atom. The Morgan fingerprint density at radius 3 is 2.38 bits per heavy atom. The zero-order chi connectivity index (χ0) is 16.0. The van der Waals surface area contributed by atoms with E-state index in [-0.39, 0.29) is 25.0 Å². The first-order valence-corrected chi connectivity index (χ1v) is 7.54. The lowest BCUT2D eigenvalue weighted by molar-refractivity contribution is -0.153. The maximum Gasteiger partial charge on any atom is 0.325 e. The second-order valence-corrected chi connectivity index (χ2v) is 5.90. The highest BCUT2D eigenvalue weighted by atomic mass is 16.5. The molecule has 1 rings (SSSR count). The summed E-state index contributed by atoms with van der Waals surface area (Å²) >= 11 is 0. The van der Waals surface area contributed by atoms with Gasteiger partial charge >= 0.3 is 11.9 Å². The highest BCUT2D eigenvalue weighted by Crippen LogP contribution is 2.33. The SMILES string of the molecule is CCOC(=O)CN(CC(C)C)C(=O)[C@@H]1CCC[C@@H]1C(=O)O. The van der Waals surface area contributed by atoms with E-state index in [0.29, 0.717) is 19.4 Å². The Kier molecular flexibility index (Phi) is 6.65. The third-order valence-corrected chi connectivity index (χ3v) is 3.67. The second kappa shape index (κ2) is 8.00. The molecule has 0 heterocycles. The second-order valence-electron chi connectivity index (χ2n) is 5.90. The molecule has 1 aliphatic rings. The maximum absolute atomic E-state index is 12.6. The maximum atomic E-state index is 12.6. The van der Waals surface area contributed by atoms with Crippen molar-refractivity contribution in [1.29, 1.82) is 0 Å². The van der Waals surface area contributed by atoms with Crippen LogP contribution in [0.25, 0.3) is 0 Å². The minimum Gasteiger partial charge on any atom is -0.481 e. The van der Waals surface area contributed by atoms with Crippen molar-refractivity contribution in [2.45, 2.75) is 40.0 Å². The van der Waals surface area contributed by atoms with Gasteiger partial charge in [-0.25, -0.2) is 0 Å². The number of carbonyl (C=O) groups excluding carboxylic acids is 2. The molecule has 1 fully saturated rings. The van der Waals surface area contributed by atoms with E-state index in [4.69, 9.17) is 4.74 Å². The van der Waals surface area contributed by atoms with E-state index in [9.17, 15) is 19.5 Å². The number of aliphatic carboxylic acids is 1. The summed E-state index contributed by atoms with van der Waals surface area (Å²) in [6.45, 7) is 6.21. The first-order valence-electron chi connectivity index (χ1n) is 7.54. The molecule has 0 spiro atoms. The predicted octanol–water partition coefficient (Wildman–Crippen LogP) is 1.54. The number of carboxylic acids is 1.